The molecule has 0 saturated heterocycles. The molecule has 1 saturated carbocycles. The Morgan fingerprint density at radius 2 is 1.86 bits per heavy atom. The molecule has 5 heteroatoms. The van der Waals surface area contributed by atoms with Crippen LogP contribution in [0.5, 0.6) is 11.5 Å². The molecular weight excluding hydrogens is 369 g/mol. The minimum absolute atomic E-state index is 0.0590. The predicted molar refractivity (Wildman–Crippen MR) is 108 cm³/mol. The molecule has 2 aromatic rings. The zero-order valence-electron chi connectivity index (χ0n) is 16.7. The third-order valence-corrected chi connectivity index (χ3v) is 5.64. The van der Waals surface area contributed by atoms with Crippen LogP contribution >= 0.6 is 0 Å². The van der Waals surface area contributed by atoms with Crippen LogP contribution in [0, 0.1) is 29.0 Å². The van der Waals surface area contributed by atoms with Crippen molar-refractivity contribution >= 4 is 5.97 Å². The lowest BCUT2D eigenvalue weighted by atomic mass is 9.78. The Kier molecular flexibility index (Phi) is 7.24. The van der Waals surface area contributed by atoms with Crippen molar-refractivity contribution in [3.63, 3.8) is 0 Å². The summed E-state index contributed by atoms with van der Waals surface area (Å²) in [4.78, 5) is 12.2. The monoisotopic (exact) mass is 395 g/mol. The molecular formula is C24H26FNO3. The fourth-order valence-electron chi connectivity index (χ4n) is 3.86. The van der Waals surface area contributed by atoms with Crippen molar-refractivity contribution in [2.75, 3.05) is 6.61 Å². The number of rotatable bonds is 7. The first kappa shape index (κ1) is 20.9. The number of hydrogen-bond acceptors (Lipinski definition) is 4. The van der Waals surface area contributed by atoms with Crippen molar-refractivity contribution < 1.29 is 18.7 Å². The van der Waals surface area contributed by atoms with Crippen LogP contribution < -0.4 is 9.47 Å². The lowest BCUT2D eigenvalue weighted by Crippen LogP contribution is -2.17. The molecule has 0 aliphatic heterocycles. The maximum Gasteiger partial charge on any atom is 0.343 e. The summed E-state index contributed by atoms with van der Waals surface area (Å²) < 4.78 is 24.6. The van der Waals surface area contributed by atoms with Crippen LogP contribution in [0.4, 0.5) is 4.39 Å². The fraction of sp³-hybridized carbons (Fsp3) is 0.417. The minimum Gasteiger partial charge on any atom is -0.494 e. The highest BCUT2D eigenvalue weighted by Crippen LogP contribution is 2.32. The quantitative estimate of drug-likeness (QED) is 0.333. The van der Waals surface area contributed by atoms with Crippen molar-refractivity contribution in [2.24, 2.45) is 11.8 Å². The Bertz CT molecular complexity index is 873. The molecule has 0 heterocycles. The van der Waals surface area contributed by atoms with Crippen LogP contribution in [0.3, 0.4) is 0 Å². The van der Waals surface area contributed by atoms with Gasteiger partial charge in [0.25, 0.3) is 0 Å². The summed E-state index contributed by atoms with van der Waals surface area (Å²) in [7, 11) is 0. The van der Waals surface area contributed by atoms with Crippen LogP contribution in [-0.2, 0) is 0 Å². The molecule has 0 radical (unpaired) electrons. The maximum atomic E-state index is 13.6. The zero-order valence-corrected chi connectivity index (χ0v) is 16.7. The van der Waals surface area contributed by atoms with Gasteiger partial charge in [-0.2, -0.15) is 5.26 Å². The molecule has 3 rings (SSSR count). The van der Waals surface area contributed by atoms with E-state index >= 15 is 0 Å². The number of ether oxygens (including phenoxy) is 2. The second-order valence-corrected chi connectivity index (χ2v) is 7.68. The van der Waals surface area contributed by atoms with Gasteiger partial charge in [0.2, 0.25) is 0 Å². The summed E-state index contributed by atoms with van der Waals surface area (Å²) in [6.07, 6.45) is 7.63. The Morgan fingerprint density at radius 3 is 2.55 bits per heavy atom. The highest BCUT2D eigenvalue weighted by molar-refractivity contribution is 5.91. The van der Waals surface area contributed by atoms with Crippen molar-refractivity contribution in [3.8, 4) is 17.6 Å². The van der Waals surface area contributed by atoms with E-state index in [0.29, 0.717) is 17.9 Å². The van der Waals surface area contributed by atoms with Gasteiger partial charge in [-0.05, 0) is 61.1 Å². The molecule has 1 aliphatic carbocycles. The first-order chi connectivity index (χ1) is 14.1. The lowest BCUT2D eigenvalue weighted by Gasteiger charge is -2.28. The summed E-state index contributed by atoms with van der Waals surface area (Å²) >= 11 is 0. The zero-order chi connectivity index (χ0) is 20.6. The van der Waals surface area contributed by atoms with E-state index in [9.17, 15) is 9.18 Å². The molecule has 2 atom stereocenters. The van der Waals surface area contributed by atoms with Gasteiger partial charge in [0.15, 0.2) is 0 Å². The average Bonchev–Trinajstić information content (AvgIpc) is 2.73. The number of benzene rings is 2. The fourth-order valence-corrected chi connectivity index (χ4v) is 3.86. The van der Waals surface area contributed by atoms with Gasteiger partial charge in [0.1, 0.15) is 23.4 Å². The molecule has 29 heavy (non-hydrogen) atoms. The second-order valence-electron chi connectivity index (χ2n) is 7.68. The van der Waals surface area contributed by atoms with Crippen molar-refractivity contribution in [1.82, 2.24) is 0 Å². The summed E-state index contributed by atoms with van der Waals surface area (Å²) in [6.45, 7) is 3.02. The molecule has 2 aromatic carbocycles. The SMILES string of the molecule is CC1CCCCC1CCCOc1ccc(C(=O)Oc2ccc(C#N)c(F)c2)cc1. The van der Waals surface area contributed by atoms with Crippen LogP contribution in [0.25, 0.3) is 0 Å². The standard InChI is InChI=1S/C24H26FNO3/c1-17-5-2-3-6-18(17)7-4-14-28-21-11-8-19(9-12-21)24(27)29-22-13-10-20(16-26)23(25)15-22/h8-13,15,17-18H,2-7,14H2,1H3. The Labute approximate surface area is 171 Å². The topological polar surface area (TPSA) is 59.3 Å². The van der Waals surface area contributed by atoms with E-state index in [1.54, 1.807) is 30.3 Å². The molecule has 4 nitrogen and oxygen atoms in total. The van der Waals surface area contributed by atoms with Crippen LogP contribution in [-0.4, -0.2) is 12.6 Å². The lowest BCUT2D eigenvalue weighted by molar-refractivity contribution is 0.0734. The van der Waals surface area contributed by atoms with E-state index in [-0.39, 0.29) is 11.3 Å². The van der Waals surface area contributed by atoms with Crippen LogP contribution in [0.1, 0.15) is 61.4 Å². The highest BCUT2D eigenvalue weighted by atomic mass is 19.1. The van der Waals surface area contributed by atoms with Crippen LogP contribution in [0.15, 0.2) is 42.5 Å². The van der Waals surface area contributed by atoms with E-state index < -0.39 is 11.8 Å². The summed E-state index contributed by atoms with van der Waals surface area (Å²) in [5, 5.41) is 8.74. The number of nitrogens with zero attached hydrogens (tertiary/aromatic N) is 1. The smallest absolute Gasteiger partial charge is 0.343 e. The van der Waals surface area contributed by atoms with E-state index in [1.165, 1.54) is 44.2 Å². The maximum absolute atomic E-state index is 13.6. The van der Waals surface area contributed by atoms with Gasteiger partial charge in [-0.25, -0.2) is 9.18 Å². The molecule has 152 valence electrons. The van der Waals surface area contributed by atoms with Crippen LogP contribution in [0.2, 0.25) is 0 Å². The molecule has 0 aromatic heterocycles. The number of carbonyl (C=O) groups excluding carboxylic acids is 1. The molecule has 0 N–H and O–H groups in total. The molecule has 0 amide bonds. The van der Waals surface area contributed by atoms with E-state index in [0.717, 1.165) is 24.3 Å². The van der Waals surface area contributed by atoms with Gasteiger partial charge in [-0.15, -0.1) is 0 Å². The molecule has 0 spiro atoms. The van der Waals surface area contributed by atoms with Gasteiger partial charge in [0.05, 0.1) is 17.7 Å². The van der Waals surface area contributed by atoms with Crippen molar-refractivity contribution in [1.29, 1.82) is 5.26 Å². The van der Waals surface area contributed by atoms with Gasteiger partial charge in [0, 0.05) is 6.07 Å². The number of halogens is 1. The van der Waals surface area contributed by atoms with Gasteiger partial charge >= 0.3 is 5.97 Å². The number of carbonyl (C=O) groups is 1. The largest absolute Gasteiger partial charge is 0.494 e. The summed E-state index contributed by atoms with van der Waals surface area (Å²) in [6, 6.07) is 12.2. The highest BCUT2D eigenvalue weighted by Gasteiger charge is 2.20. The first-order valence-electron chi connectivity index (χ1n) is 10.2. The first-order valence-corrected chi connectivity index (χ1v) is 10.2. The Balaban J connectivity index is 1.46. The second kappa shape index (κ2) is 10.1. The molecule has 1 fully saturated rings. The average molecular weight is 395 g/mol. The number of esters is 1. The molecule has 2 unspecified atom stereocenters. The Morgan fingerprint density at radius 1 is 1.14 bits per heavy atom. The minimum atomic E-state index is -0.718. The van der Waals surface area contributed by atoms with E-state index in [2.05, 4.69) is 6.92 Å². The van der Waals surface area contributed by atoms with Gasteiger partial charge in [-0.1, -0.05) is 32.6 Å². The molecule has 1 aliphatic rings. The van der Waals surface area contributed by atoms with E-state index in [4.69, 9.17) is 14.7 Å². The predicted octanol–water partition coefficient (Wildman–Crippen LogP) is 5.90. The molecule has 0 bridgehead atoms. The van der Waals surface area contributed by atoms with E-state index in [1.807, 2.05) is 0 Å². The summed E-state index contributed by atoms with van der Waals surface area (Å²) in [5.74, 6) is 1.10. The van der Waals surface area contributed by atoms with Gasteiger partial charge in [-0.3, -0.25) is 0 Å². The Hall–Kier alpha value is -2.87. The third-order valence-electron chi connectivity index (χ3n) is 5.64. The van der Waals surface area contributed by atoms with Crippen molar-refractivity contribution in [3.05, 3.63) is 59.4 Å². The summed E-state index contributed by atoms with van der Waals surface area (Å²) in [5.41, 5.74) is 0.252. The number of hydrogen-bond donors (Lipinski definition) is 0. The van der Waals surface area contributed by atoms with Crippen molar-refractivity contribution in [2.45, 2.75) is 45.4 Å². The normalized spacial score (nSPS) is 18.7. The van der Waals surface area contributed by atoms with Gasteiger partial charge < -0.3 is 9.47 Å². The number of nitriles is 1. The third kappa shape index (κ3) is 5.80.